The molecule has 1 amide bonds. The molecule has 0 aliphatic heterocycles. The number of halogens is 2. The molecular formula is C14H17Cl2NO2S. The maximum atomic E-state index is 12.2. The highest BCUT2D eigenvalue weighted by Gasteiger charge is 2.34. The number of methoxy groups -OCH3 is 1. The third kappa shape index (κ3) is 3.19. The molecule has 110 valence electrons. The Kier molecular flexibility index (Phi) is 5.49. The second-order valence-electron chi connectivity index (χ2n) is 4.76. The van der Waals surface area contributed by atoms with Crippen LogP contribution in [0.5, 0.6) is 0 Å². The summed E-state index contributed by atoms with van der Waals surface area (Å²) in [6.45, 7) is 4.04. The largest absolute Gasteiger partial charge is 0.379 e. The molecule has 0 spiro atoms. The van der Waals surface area contributed by atoms with E-state index < -0.39 is 0 Å². The predicted molar refractivity (Wildman–Crippen MR) is 83.5 cm³/mol. The molecule has 2 rings (SSSR count). The Bertz CT molecular complexity index is 503. The van der Waals surface area contributed by atoms with Crippen LogP contribution in [-0.2, 0) is 16.1 Å². The zero-order chi connectivity index (χ0) is 14.7. The first-order valence-electron chi connectivity index (χ1n) is 6.45. The predicted octanol–water partition coefficient (Wildman–Crippen LogP) is 4.14. The van der Waals surface area contributed by atoms with Crippen LogP contribution in [0.1, 0.15) is 24.1 Å². The van der Waals surface area contributed by atoms with Crippen LogP contribution in [-0.4, -0.2) is 30.1 Å². The van der Waals surface area contributed by atoms with Gasteiger partial charge in [-0.3, -0.25) is 4.79 Å². The number of carbonyl (C=O) groups excluding carboxylic acids is 1. The van der Waals surface area contributed by atoms with Crippen molar-refractivity contribution >= 4 is 40.4 Å². The molecular weight excluding hydrogens is 317 g/mol. The number of hydrogen-bond donors (Lipinski definition) is 0. The number of hydrogen-bond acceptors (Lipinski definition) is 3. The van der Waals surface area contributed by atoms with E-state index in [2.05, 4.69) is 6.58 Å². The molecule has 20 heavy (non-hydrogen) atoms. The van der Waals surface area contributed by atoms with Gasteiger partial charge < -0.3 is 9.64 Å². The molecule has 0 bridgehead atoms. The van der Waals surface area contributed by atoms with Gasteiger partial charge in [0.2, 0.25) is 5.91 Å². The maximum absolute atomic E-state index is 12.2. The fraction of sp³-hybridized carbons (Fsp3) is 0.500. The highest BCUT2D eigenvalue weighted by molar-refractivity contribution is 7.11. The molecule has 0 saturated heterocycles. The molecule has 1 aliphatic rings. The molecule has 1 saturated carbocycles. The highest BCUT2D eigenvalue weighted by atomic mass is 35.5. The van der Waals surface area contributed by atoms with Gasteiger partial charge in [-0.1, -0.05) is 29.8 Å². The molecule has 1 fully saturated rings. The van der Waals surface area contributed by atoms with Crippen LogP contribution in [0, 0.1) is 0 Å². The van der Waals surface area contributed by atoms with Crippen LogP contribution in [0.2, 0.25) is 10.0 Å². The number of ether oxygens (including phenoxy) is 1. The summed E-state index contributed by atoms with van der Waals surface area (Å²) in [7, 11) is 1.69. The minimum absolute atomic E-state index is 0.0717. The lowest BCUT2D eigenvalue weighted by Crippen LogP contribution is -2.43. The molecule has 1 heterocycles. The Hall–Kier alpha value is -0.550. The van der Waals surface area contributed by atoms with Crippen molar-refractivity contribution in [1.82, 2.24) is 4.90 Å². The van der Waals surface area contributed by atoms with Crippen LogP contribution in [0.15, 0.2) is 18.0 Å². The maximum Gasteiger partial charge on any atom is 0.246 e. The molecule has 3 nitrogen and oxygen atoms in total. The van der Waals surface area contributed by atoms with Gasteiger partial charge in [-0.25, -0.2) is 0 Å². The Balaban J connectivity index is 2.22. The van der Waals surface area contributed by atoms with Gasteiger partial charge in [-0.15, -0.1) is 11.3 Å². The van der Waals surface area contributed by atoms with Crippen molar-refractivity contribution in [3.8, 4) is 0 Å². The molecule has 0 unspecified atom stereocenters. The van der Waals surface area contributed by atoms with E-state index >= 15 is 0 Å². The molecule has 0 N–H and O–H groups in total. The van der Waals surface area contributed by atoms with E-state index in [0.717, 1.165) is 24.1 Å². The normalized spacial score (nSPS) is 21.9. The number of rotatable bonds is 5. The van der Waals surface area contributed by atoms with Gasteiger partial charge in [0.15, 0.2) is 0 Å². The van der Waals surface area contributed by atoms with Gasteiger partial charge in [0, 0.05) is 17.4 Å². The minimum atomic E-state index is -0.0976. The van der Waals surface area contributed by atoms with E-state index in [4.69, 9.17) is 27.9 Å². The van der Waals surface area contributed by atoms with Gasteiger partial charge in [-0.05, 0) is 25.3 Å². The molecule has 0 radical (unpaired) electrons. The van der Waals surface area contributed by atoms with Gasteiger partial charge in [-0.2, -0.15) is 0 Å². The van der Waals surface area contributed by atoms with E-state index in [1.54, 1.807) is 17.4 Å². The topological polar surface area (TPSA) is 29.5 Å². The summed E-state index contributed by atoms with van der Waals surface area (Å²) in [5, 5.41) is 2.86. The van der Waals surface area contributed by atoms with Crippen molar-refractivity contribution in [3.05, 3.63) is 33.0 Å². The van der Waals surface area contributed by atoms with Crippen LogP contribution in [0.3, 0.4) is 0 Å². The molecule has 6 heteroatoms. The van der Waals surface area contributed by atoms with E-state index in [1.165, 1.54) is 17.4 Å². The van der Waals surface area contributed by atoms with Crippen molar-refractivity contribution in [2.75, 3.05) is 7.11 Å². The lowest BCUT2D eigenvalue weighted by atomic mass is 10.1. The average Bonchev–Trinajstić information content (AvgIpc) is 3.04. The van der Waals surface area contributed by atoms with Crippen LogP contribution in [0.4, 0.5) is 0 Å². The van der Waals surface area contributed by atoms with E-state index in [9.17, 15) is 4.79 Å². The minimum Gasteiger partial charge on any atom is -0.379 e. The summed E-state index contributed by atoms with van der Waals surface area (Å²) >= 11 is 13.6. The fourth-order valence-corrected chi connectivity index (χ4v) is 4.04. The lowest BCUT2D eigenvalue weighted by Gasteiger charge is -2.31. The number of carbonyl (C=O) groups is 1. The van der Waals surface area contributed by atoms with Crippen molar-refractivity contribution in [3.63, 3.8) is 0 Å². The lowest BCUT2D eigenvalue weighted by molar-refractivity contribution is -0.131. The highest BCUT2D eigenvalue weighted by Crippen LogP contribution is 2.35. The van der Waals surface area contributed by atoms with Gasteiger partial charge >= 0.3 is 0 Å². The van der Waals surface area contributed by atoms with Crippen molar-refractivity contribution in [1.29, 1.82) is 0 Å². The summed E-state index contributed by atoms with van der Waals surface area (Å²) in [4.78, 5) is 14.9. The fourth-order valence-electron chi connectivity index (χ4n) is 2.63. The molecule has 0 aromatic carbocycles. The van der Waals surface area contributed by atoms with Crippen molar-refractivity contribution < 1.29 is 9.53 Å². The first-order valence-corrected chi connectivity index (χ1v) is 8.09. The molecule has 1 aliphatic carbocycles. The first kappa shape index (κ1) is 15.8. The van der Waals surface area contributed by atoms with Gasteiger partial charge in [0.25, 0.3) is 0 Å². The number of nitrogens with zero attached hydrogens (tertiary/aromatic N) is 1. The monoisotopic (exact) mass is 333 g/mol. The zero-order valence-corrected chi connectivity index (χ0v) is 13.6. The quantitative estimate of drug-likeness (QED) is 0.758. The Morgan fingerprint density at radius 3 is 2.90 bits per heavy atom. The summed E-state index contributed by atoms with van der Waals surface area (Å²) in [5.74, 6) is -0.0976. The molecule has 2 atom stereocenters. The van der Waals surface area contributed by atoms with E-state index in [0.29, 0.717) is 16.6 Å². The van der Waals surface area contributed by atoms with Crippen LogP contribution >= 0.6 is 34.5 Å². The zero-order valence-electron chi connectivity index (χ0n) is 11.3. The summed E-state index contributed by atoms with van der Waals surface area (Å²) < 4.78 is 5.49. The first-order chi connectivity index (χ1) is 9.58. The standard InChI is InChI=1S/C14H17Cl2NO2S/c1-3-13(18)17(10-5-4-6-11(10)19-2)7-12-14(16)9(15)8-20-12/h3,8,10-11H,1,4-7H2,2H3/t10-,11+/m0/s1. The summed E-state index contributed by atoms with van der Waals surface area (Å²) in [5.41, 5.74) is 0. The average molecular weight is 334 g/mol. The number of amides is 1. The third-order valence-corrected chi connectivity index (χ3v) is 5.69. The van der Waals surface area contributed by atoms with Crippen LogP contribution in [0.25, 0.3) is 0 Å². The van der Waals surface area contributed by atoms with Gasteiger partial charge in [0.1, 0.15) is 0 Å². The summed E-state index contributed by atoms with van der Waals surface area (Å²) in [6, 6.07) is 0.0717. The molecule has 1 aromatic heterocycles. The van der Waals surface area contributed by atoms with Crippen molar-refractivity contribution in [2.45, 2.75) is 38.0 Å². The van der Waals surface area contributed by atoms with Crippen LogP contribution < -0.4 is 0 Å². The van der Waals surface area contributed by atoms with E-state index in [1.807, 2.05) is 0 Å². The number of thiophene rings is 1. The van der Waals surface area contributed by atoms with Gasteiger partial charge in [0.05, 0.1) is 28.7 Å². The Morgan fingerprint density at radius 2 is 2.35 bits per heavy atom. The second kappa shape index (κ2) is 6.94. The smallest absolute Gasteiger partial charge is 0.246 e. The SMILES string of the molecule is C=CC(=O)N(Cc1scc(Cl)c1Cl)[C@H]1CCC[C@H]1OC. The second-order valence-corrected chi connectivity index (χ2v) is 6.51. The van der Waals surface area contributed by atoms with Crippen molar-refractivity contribution in [2.24, 2.45) is 0 Å². The Labute approximate surface area is 133 Å². The summed E-state index contributed by atoms with van der Waals surface area (Å²) in [6.07, 6.45) is 4.39. The third-order valence-electron chi connectivity index (χ3n) is 3.65. The Morgan fingerprint density at radius 1 is 1.60 bits per heavy atom. The molecule has 1 aromatic rings. The van der Waals surface area contributed by atoms with E-state index in [-0.39, 0.29) is 18.1 Å².